The number of ether oxygens (including phenoxy) is 1. The van der Waals surface area contributed by atoms with E-state index in [1.54, 1.807) is 30.3 Å². The summed E-state index contributed by atoms with van der Waals surface area (Å²) in [5.41, 5.74) is -0.0346. The van der Waals surface area contributed by atoms with Gasteiger partial charge >= 0.3 is 11.6 Å². The molecule has 0 aliphatic rings. The van der Waals surface area contributed by atoms with Gasteiger partial charge in [-0.25, -0.2) is 4.79 Å². The fourth-order valence-electron chi connectivity index (χ4n) is 2.90. The summed E-state index contributed by atoms with van der Waals surface area (Å²) in [6, 6.07) is 8.02. The first-order valence-electron chi connectivity index (χ1n) is 11.0. The Balaban J connectivity index is 1.59. The van der Waals surface area contributed by atoms with Crippen molar-refractivity contribution in [2.45, 2.75) is 58.3 Å². The zero-order valence-electron chi connectivity index (χ0n) is 18.3. The van der Waals surface area contributed by atoms with Crippen LogP contribution >= 0.6 is 0 Å². The molecule has 164 valence electrons. The van der Waals surface area contributed by atoms with Crippen LogP contribution in [-0.4, -0.2) is 5.97 Å². The summed E-state index contributed by atoms with van der Waals surface area (Å²) < 4.78 is 10.4. The second kappa shape index (κ2) is 14.8. The molecule has 1 heterocycles. The van der Waals surface area contributed by atoms with E-state index < -0.39 is 5.63 Å². The van der Waals surface area contributed by atoms with Gasteiger partial charge in [0.25, 0.3) is 0 Å². The van der Waals surface area contributed by atoms with E-state index in [-0.39, 0.29) is 12.4 Å². The number of carbonyl (C=O) groups excluding carboxylic acids is 1. The summed E-state index contributed by atoms with van der Waals surface area (Å²) >= 11 is 0. The molecule has 0 unspecified atom stereocenters. The number of allylic oxidation sites excluding steroid dienone is 7. The smallest absolute Gasteiger partial charge is 0.336 e. The van der Waals surface area contributed by atoms with Crippen LogP contribution in [0.2, 0.25) is 0 Å². The molecule has 0 aliphatic heterocycles. The number of carbonyl (C=O) groups is 1. The minimum absolute atomic E-state index is 0.190. The van der Waals surface area contributed by atoms with Crippen LogP contribution in [0.25, 0.3) is 11.0 Å². The maximum Gasteiger partial charge on any atom is 0.336 e. The summed E-state index contributed by atoms with van der Waals surface area (Å²) in [6.07, 6.45) is 24.7. The molecule has 2 rings (SSSR count). The van der Waals surface area contributed by atoms with Gasteiger partial charge in [0.15, 0.2) is 0 Å². The Kier molecular flexibility index (Phi) is 11.5. The lowest BCUT2D eigenvalue weighted by Gasteiger charge is -2.03. The molecule has 4 nitrogen and oxygen atoms in total. The van der Waals surface area contributed by atoms with E-state index in [4.69, 9.17) is 9.15 Å². The largest absolute Gasteiger partial charge is 0.426 e. The van der Waals surface area contributed by atoms with Crippen LogP contribution in [-0.2, 0) is 4.79 Å². The number of hydrogen-bond acceptors (Lipinski definition) is 4. The lowest BCUT2D eigenvalue weighted by Crippen LogP contribution is -2.06. The predicted octanol–water partition coefficient (Wildman–Crippen LogP) is 7.06. The molecule has 0 atom stereocenters. The number of fused-ring (bicyclic) bond motifs is 1. The van der Waals surface area contributed by atoms with Crippen LogP contribution in [0.5, 0.6) is 5.75 Å². The van der Waals surface area contributed by atoms with Crippen molar-refractivity contribution >= 4 is 16.9 Å². The highest BCUT2D eigenvalue weighted by Crippen LogP contribution is 2.19. The van der Waals surface area contributed by atoms with Crippen molar-refractivity contribution in [2.75, 3.05) is 0 Å². The van der Waals surface area contributed by atoms with Crippen LogP contribution in [0.3, 0.4) is 0 Å². The zero-order chi connectivity index (χ0) is 22.2. The molecule has 0 N–H and O–H groups in total. The Morgan fingerprint density at radius 3 is 2.23 bits per heavy atom. The van der Waals surface area contributed by atoms with Gasteiger partial charge in [0.05, 0.1) is 6.42 Å². The number of benzene rings is 1. The first-order valence-corrected chi connectivity index (χ1v) is 11.0. The molecule has 1 aromatic carbocycles. The molecular formula is C27H32O4. The van der Waals surface area contributed by atoms with E-state index in [1.807, 2.05) is 6.08 Å². The molecule has 31 heavy (non-hydrogen) atoms. The molecule has 0 spiro atoms. The molecule has 0 saturated carbocycles. The van der Waals surface area contributed by atoms with Gasteiger partial charge in [0.2, 0.25) is 0 Å². The Morgan fingerprint density at radius 2 is 1.52 bits per heavy atom. The van der Waals surface area contributed by atoms with Crippen molar-refractivity contribution in [3.05, 3.63) is 89.4 Å². The van der Waals surface area contributed by atoms with E-state index in [0.29, 0.717) is 11.3 Å². The second-order valence-corrected chi connectivity index (χ2v) is 7.22. The summed E-state index contributed by atoms with van der Waals surface area (Å²) in [5, 5.41) is 0.778. The maximum absolute atomic E-state index is 12.0. The molecular weight excluding hydrogens is 388 g/mol. The van der Waals surface area contributed by atoms with Crippen LogP contribution < -0.4 is 10.4 Å². The van der Waals surface area contributed by atoms with Crippen molar-refractivity contribution < 1.29 is 13.9 Å². The maximum atomic E-state index is 12.0. The average Bonchev–Trinajstić information content (AvgIpc) is 2.76. The average molecular weight is 421 g/mol. The van der Waals surface area contributed by atoms with Gasteiger partial charge < -0.3 is 9.15 Å². The predicted molar refractivity (Wildman–Crippen MR) is 127 cm³/mol. The van der Waals surface area contributed by atoms with Gasteiger partial charge in [-0.15, -0.1) is 0 Å². The first-order chi connectivity index (χ1) is 15.2. The van der Waals surface area contributed by atoms with Gasteiger partial charge in [-0.1, -0.05) is 68.4 Å². The number of esters is 1. The molecule has 4 heteroatoms. The lowest BCUT2D eigenvalue weighted by atomic mass is 10.2. The van der Waals surface area contributed by atoms with Crippen LogP contribution in [0.15, 0.2) is 88.2 Å². The van der Waals surface area contributed by atoms with Gasteiger partial charge in [-0.3, -0.25) is 4.79 Å². The fraction of sp³-hybridized carbons (Fsp3) is 0.333. The van der Waals surface area contributed by atoms with Crippen LogP contribution in [0, 0.1) is 0 Å². The van der Waals surface area contributed by atoms with Crippen molar-refractivity contribution in [2.24, 2.45) is 0 Å². The van der Waals surface area contributed by atoms with E-state index >= 15 is 0 Å². The highest BCUT2D eigenvalue weighted by atomic mass is 16.5. The minimum Gasteiger partial charge on any atom is -0.426 e. The highest BCUT2D eigenvalue weighted by Gasteiger charge is 2.05. The third kappa shape index (κ3) is 10.4. The second-order valence-electron chi connectivity index (χ2n) is 7.22. The lowest BCUT2D eigenvalue weighted by molar-refractivity contribution is -0.133. The van der Waals surface area contributed by atoms with Gasteiger partial charge in [0.1, 0.15) is 11.3 Å². The summed E-state index contributed by atoms with van der Waals surface area (Å²) in [4.78, 5) is 23.2. The fourth-order valence-corrected chi connectivity index (χ4v) is 2.90. The van der Waals surface area contributed by atoms with Crippen LogP contribution in [0.1, 0.15) is 58.3 Å². The van der Waals surface area contributed by atoms with E-state index in [1.165, 1.54) is 31.7 Å². The quantitative estimate of drug-likeness (QED) is 0.114. The first kappa shape index (κ1) is 24.1. The topological polar surface area (TPSA) is 56.5 Å². The Bertz CT molecular complexity index is 976. The van der Waals surface area contributed by atoms with Gasteiger partial charge in [-0.05, 0) is 50.3 Å². The highest BCUT2D eigenvalue weighted by molar-refractivity contribution is 5.80. The molecule has 0 radical (unpaired) electrons. The summed E-state index contributed by atoms with van der Waals surface area (Å²) in [7, 11) is 0. The SMILES string of the molecule is CCCCC/C=C\C/C=C\C/C=C\C/C=C\CC(=O)Oc1ccc2ccc(=O)oc2c1. The summed E-state index contributed by atoms with van der Waals surface area (Å²) in [6.45, 7) is 2.22. The number of rotatable bonds is 13. The molecule has 2 aromatic rings. The molecule has 0 fully saturated rings. The minimum atomic E-state index is -0.433. The van der Waals surface area contributed by atoms with E-state index in [9.17, 15) is 9.59 Å². The normalized spacial score (nSPS) is 12.2. The number of unbranched alkanes of at least 4 members (excludes halogenated alkanes) is 3. The number of hydrogen-bond donors (Lipinski definition) is 0. The van der Waals surface area contributed by atoms with Crippen molar-refractivity contribution in [3.63, 3.8) is 0 Å². The third-order valence-electron chi connectivity index (χ3n) is 4.57. The van der Waals surface area contributed by atoms with Crippen molar-refractivity contribution in [1.82, 2.24) is 0 Å². The molecule has 1 aromatic heterocycles. The zero-order valence-corrected chi connectivity index (χ0v) is 18.3. The standard InChI is InChI=1S/C27H32O4/c1-2-3-4-5-6-7-8-9-10-11-12-13-14-15-16-17-26(28)30-24-20-18-23-19-21-27(29)31-25(23)22-24/h6-7,9-10,12-13,15-16,18-22H,2-5,8,11,14,17H2,1H3/b7-6-,10-9-,13-12-,16-15-. The van der Waals surface area contributed by atoms with Crippen LogP contribution in [0.4, 0.5) is 0 Å². The Morgan fingerprint density at radius 1 is 0.871 bits per heavy atom. The Labute approximate surface area is 184 Å². The molecule has 0 aliphatic carbocycles. The molecule has 0 bridgehead atoms. The van der Waals surface area contributed by atoms with Crippen molar-refractivity contribution in [3.8, 4) is 5.75 Å². The third-order valence-corrected chi connectivity index (χ3v) is 4.57. The Hall–Kier alpha value is -3.14. The van der Waals surface area contributed by atoms with Gasteiger partial charge in [-0.2, -0.15) is 0 Å². The monoisotopic (exact) mass is 420 g/mol. The van der Waals surface area contributed by atoms with Crippen molar-refractivity contribution in [1.29, 1.82) is 0 Å². The van der Waals surface area contributed by atoms with E-state index in [2.05, 4.69) is 43.4 Å². The molecule has 0 amide bonds. The van der Waals surface area contributed by atoms with Gasteiger partial charge in [0, 0.05) is 17.5 Å². The summed E-state index contributed by atoms with van der Waals surface area (Å²) in [5.74, 6) is 0.00581. The molecule has 0 saturated heterocycles. The van der Waals surface area contributed by atoms with E-state index in [0.717, 1.165) is 24.6 Å².